The summed E-state index contributed by atoms with van der Waals surface area (Å²) in [5.74, 6) is -0.179. The number of carbonyl (C=O) groups excluding carboxylic acids is 1. The lowest BCUT2D eigenvalue weighted by atomic mass is 10.1. The van der Waals surface area contributed by atoms with Gasteiger partial charge in [0.05, 0.1) is 12.8 Å². The van der Waals surface area contributed by atoms with E-state index in [0.717, 1.165) is 24.7 Å². The molecule has 124 valence electrons. The number of likely N-dealkylation sites (N-methyl/N-ethyl adjacent to an activating group) is 1. The molecule has 0 N–H and O–H groups in total. The summed E-state index contributed by atoms with van der Waals surface area (Å²) >= 11 is 0. The highest BCUT2D eigenvalue weighted by Crippen LogP contribution is 2.22. The molecule has 0 aliphatic rings. The zero-order valence-corrected chi connectivity index (χ0v) is 14.6. The average molecular weight is 326 g/mol. The van der Waals surface area contributed by atoms with E-state index in [9.17, 15) is 13.2 Å². The van der Waals surface area contributed by atoms with Crippen LogP contribution in [0, 0.1) is 0 Å². The van der Waals surface area contributed by atoms with Gasteiger partial charge in [-0.05, 0) is 18.9 Å². The van der Waals surface area contributed by atoms with Gasteiger partial charge in [0.2, 0.25) is 15.9 Å². The van der Waals surface area contributed by atoms with Crippen molar-refractivity contribution in [3.8, 4) is 0 Å². The number of hydrogen-bond donors (Lipinski definition) is 0. The lowest BCUT2D eigenvalue weighted by Crippen LogP contribution is -2.42. The maximum Gasteiger partial charge on any atom is 0.237 e. The van der Waals surface area contributed by atoms with Gasteiger partial charge in [0.15, 0.2) is 0 Å². The molecule has 0 saturated carbocycles. The predicted octanol–water partition coefficient (Wildman–Crippen LogP) is 2.27. The highest BCUT2D eigenvalue weighted by atomic mass is 32.2. The molecule has 0 aliphatic heterocycles. The summed E-state index contributed by atoms with van der Waals surface area (Å²) < 4.78 is 25.4. The van der Waals surface area contributed by atoms with Gasteiger partial charge in [0, 0.05) is 19.6 Å². The fourth-order valence-corrected chi connectivity index (χ4v) is 3.25. The number of nitrogens with zero attached hydrogens (tertiary/aromatic N) is 2. The molecular formula is C16H26N2O3S. The molecule has 0 spiro atoms. The van der Waals surface area contributed by atoms with Crippen molar-refractivity contribution < 1.29 is 13.2 Å². The van der Waals surface area contributed by atoms with Crippen molar-refractivity contribution in [2.24, 2.45) is 0 Å². The molecule has 0 fully saturated rings. The Kier molecular flexibility index (Phi) is 7.03. The Morgan fingerprint density at radius 3 is 2.32 bits per heavy atom. The van der Waals surface area contributed by atoms with Crippen molar-refractivity contribution in [2.75, 3.05) is 26.4 Å². The highest BCUT2D eigenvalue weighted by Gasteiger charge is 2.27. The van der Waals surface area contributed by atoms with Gasteiger partial charge in [-0.3, -0.25) is 4.79 Å². The molecule has 1 aromatic rings. The van der Waals surface area contributed by atoms with E-state index >= 15 is 0 Å². The summed E-state index contributed by atoms with van der Waals surface area (Å²) in [4.78, 5) is 13.9. The van der Waals surface area contributed by atoms with Crippen LogP contribution in [0.2, 0.25) is 0 Å². The number of rotatable bonds is 8. The molecule has 1 unspecified atom stereocenters. The van der Waals surface area contributed by atoms with Gasteiger partial charge in [-0.25, -0.2) is 8.42 Å². The van der Waals surface area contributed by atoms with Crippen LogP contribution in [0.25, 0.3) is 0 Å². The molecule has 5 nitrogen and oxygen atoms in total. The Bertz CT molecular complexity index is 572. The van der Waals surface area contributed by atoms with E-state index in [-0.39, 0.29) is 18.5 Å². The molecule has 1 atom stereocenters. The van der Waals surface area contributed by atoms with E-state index in [0.29, 0.717) is 6.54 Å². The van der Waals surface area contributed by atoms with Gasteiger partial charge in [-0.15, -0.1) is 0 Å². The second kappa shape index (κ2) is 8.29. The van der Waals surface area contributed by atoms with Gasteiger partial charge >= 0.3 is 0 Å². The Morgan fingerprint density at radius 1 is 1.23 bits per heavy atom. The Balaban J connectivity index is 2.89. The van der Waals surface area contributed by atoms with Crippen molar-refractivity contribution in [3.05, 3.63) is 35.9 Å². The van der Waals surface area contributed by atoms with Gasteiger partial charge < -0.3 is 4.90 Å². The van der Waals surface area contributed by atoms with Crippen molar-refractivity contribution in [1.29, 1.82) is 0 Å². The Hall–Kier alpha value is -1.40. The number of benzene rings is 1. The third kappa shape index (κ3) is 5.42. The number of sulfonamides is 1. The fourth-order valence-electron chi connectivity index (χ4n) is 2.21. The fraction of sp³-hybridized carbons (Fsp3) is 0.562. The largest absolute Gasteiger partial charge is 0.345 e. The SMILES string of the molecule is CCCCN(C)C(=O)CN(C(C)c1ccccc1)S(C)(=O)=O. The molecule has 0 radical (unpaired) electrons. The van der Waals surface area contributed by atoms with E-state index in [1.54, 1.807) is 18.9 Å². The monoisotopic (exact) mass is 326 g/mol. The van der Waals surface area contributed by atoms with Crippen LogP contribution in [0.5, 0.6) is 0 Å². The van der Waals surface area contributed by atoms with E-state index in [1.165, 1.54) is 4.31 Å². The highest BCUT2D eigenvalue weighted by molar-refractivity contribution is 7.88. The van der Waals surface area contributed by atoms with Crippen LogP contribution in [0.4, 0.5) is 0 Å². The minimum atomic E-state index is -3.48. The number of carbonyl (C=O) groups is 1. The number of amides is 1. The topological polar surface area (TPSA) is 57.7 Å². The molecule has 0 saturated heterocycles. The first-order valence-electron chi connectivity index (χ1n) is 7.53. The molecule has 1 amide bonds. The second-order valence-electron chi connectivity index (χ2n) is 5.56. The van der Waals surface area contributed by atoms with E-state index < -0.39 is 10.0 Å². The first kappa shape index (κ1) is 18.6. The molecular weight excluding hydrogens is 300 g/mol. The first-order chi connectivity index (χ1) is 10.3. The standard InChI is InChI=1S/C16H26N2O3S/c1-5-6-12-17(3)16(19)13-18(22(4,20)21)14(2)15-10-8-7-9-11-15/h7-11,14H,5-6,12-13H2,1-4H3. The first-order valence-corrected chi connectivity index (χ1v) is 9.38. The Labute approximate surface area is 134 Å². The van der Waals surface area contributed by atoms with Crippen molar-refractivity contribution in [3.63, 3.8) is 0 Å². The van der Waals surface area contributed by atoms with E-state index in [2.05, 4.69) is 6.92 Å². The van der Waals surface area contributed by atoms with Crippen molar-refractivity contribution >= 4 is 15.9 Å². The quantitative estimate of drug-likeness (QED) is 0.736. The summed E-state index contributed by atoms with van der Waals surface area (Å²) in [6.07, 6.45) is 3.05. The van der Waals surface area contributed by atoms with Crippen molar-refractivity contribution in [2.45, 2.75) is 32.7 Å². The van der Waals surface area contributed by atoms with Gasteiger partial charge in [-0.2, -0.15) is 4.31 Å². The maximum absolute atomic E-state index is 12.3. The maximum atomic E-state index is 12.3. The summed E-state index contributed by atoms with van der Waals surface area (Å²) in [6.45, 7) is 4.37. The molecule has 0 bridgehead atoms. The summed E-state index contributed by atoms with van der Waals surface area (Å²) in [5.41, 5.74) is 0.872. The third-order valence-corrected chi connectivity index (χ3v) is 5.00. The predicted molar refractivity (Wildman–Crippen MR) is 89.0 cm³/mol. The smallest absolute Gasteiger partial charge is 0.237 e. The summed E-state index contributed by atoms with van der Waals surface area (Å²) in [6, 6.07) is 8.97. The normalized spacial score (nSPS) is 13.1. The van der Waals surface area contributed by atoms with Crippen LogP contribution in [0.15, 0.2) is 30.3 Å². The second-order valence-corrected chi connectivity index (χ2v) is 7.50. The lowest BCUT2D eigenvalue weighted by Gasteiger charge is -2.28. The molecule has 22 heavy (non-hydrogen) atoms. The molecule has 0 aliphatic carbocycles. The molecule has 0 aromatic heterocycles. The number of unbranched alkanes of at least 4 members (excludes halogenated alkanes) is 1. The zero-order chi connectivity index (χ0) is 16.8. The van der Waals surface area contributed by atoms with Crippen LogP contribution >= 0.6 is 0 Å². The van der Waals surface area contributed by atoms with Gasteiger partial charge in [-0.1, -0.05) is 43.7 Å². The van der Waals surface area contributed by atoms with E-state index in [4.69, 9.17) is 0 Å². The van der Waals surface area contributed by atoms with E-state index in [1.807, 2.05) is 30.3 Å². The molecule has 1 rings (SSSR count). The minimum absolute atomic E-state index is 0.130. The third-order valence-electron chi connectivity index (χ3n) is 3.70. The van der Waals surface area contributed by atoms with Crippen LogP contribution in [-0.2, 0) is 14.8 Å². The van der Waals surface area contributed by atoms with Crippen LogP contribution < -0.4 is 0 Å². The van der Waals surface area contributed by atoms with Crippen molar-refractivity contribution in [1.82, 2.24) is 9.21 Å². The van der Waals surface area contributed by atoms with Crippen LogP contribution in [0.1, 0.15) is 38.3 Å². The van der Waals surface area contributed by atoms with Gasteiger partial charge in [0.1, 0.15) is 0 Å². The zero-order valence-electron chi connectivity index (χ0n) is 13.8. The Morgan fingerprint density at radius 2 is 1.82 bits per heavy atom. The van der Waals surface area contributed by atoms with Crippen LogP contribution in [-0.4, -0.2) is 49.9 Å². The molecule has 0 heterocycles. The lowest BCUT2D eigenvalue weighted by molar-refractivity contribution is -0.130. The van der Waals surface area contributed by atoms with Crippen LogP contribution in [0.3, 0.4) is 0 Å². The van der Waals surface area contributed by atoms with Gasteiger partial charge in [0.25, 0.3) is 0 Å². The molecule has 1 aromatic carbocycles. The number of hydrogen-bond acceptors (Lipinski definition) is 3. The average Bonchev–Trinajstić information content (AvgIpc) is 2.49. The summed E-state index contributed by atoms with van der Waals surface area (Å²) in [7, 11) is -1.76. The molecule has 6 heteroatoms. The minimum Gasteiger partial charge on any atom is -0.345 e. The summed E-state index contributed by atoms with van der Waals surface area (Å²) in [5, 5.41) is 0.